The molecule has 0 atom stereocenters. The molecule has 1 N–H and O–H groups in total. The van der Waals surface area contributed by atoms with Crippen LogP contribution >= 0.6 is 11.3 Å². The maximum Gasteiger partial charge on any atom is 0.278 e. The summed E-state index contributed by atoms with van der Waals surface area (Å²) in [6.45, 7) is 8.75. The first kappa shape index (κ1) is 17.3. The number of carbonyl (C=O) groups is 1. The molecule has 4 aromatic rings. The lowest BCUT2D eigenvalue weighted by molar-refractivity contribution is 0.102. The van der Waals surface area contributed by atoms with Crippen LogP contribution in [0, 0.1) is 20.8 Å². The lowest BCUT2D eigenvalue weighted by atomic mass is 10.2. The quantitative estimate of drug-likeness (QED) is 0.586. The number of aromatic nitrogens is 6. The van der Waals surface area contributed by atoms with Gasteiger partial charge in [-0.1, -0.05) is 0 Å². The Morgan fingerprint density at radius 1 is 1.30 bits per heavy atom. The number of nitrogens with zero attached hydrogens (tertiary/aromatic N) is 6. The maximum atomic E-state index is 12.6. The van der Waals surface area contributed by atoms with Crippen LogP contribution in [-0.2, 0) is 6.54 Å². The lowest BCUT2D eigenvalue weighted by Crippen LogP contribution is -2.12. The summed E-state index contributed by atoms with van der Waals surface area (Å²) in [4.78, 5) is 22.4. The number of hydrogen-bond acceptors (Lipinski definition) is 6. The van der Waals surface area contributed by atoms with Crippen molar-refractivity contribution in [3.8, 4) is 11.3 Å². The number of carbonyl (C=O) groups excluding carboxylic acids is 1. The van der Waals surface area contributed by atoms with Crippen molar-refractivity contribution in [2.24, 2.45) is 0 Å². The van der Waals surface area contributed by atoms with E-state index in [9.17, 15) is 4.79 Å². The molecule has 8 nitrogen and oxygen atoms in total. The molecule has 4 aromatic heterocycles. The lowest BCUT2D eigenvalue weighted by Gasteiger charge is -2.04. The van der Waals surface area contributed by atoms with Crippen LogP contribution in [-0.4, -0.2) is 35.3 Å². The third-order valence-corrected chi connectivity index (χ3v) is 5.51. The van der Waals surface area contributed by atoms with Gasteiger partial charge in [-0.15, -0.1) is 11.3 Å². The molecular formula is C18H19N7OS. The van der Waals surface area contributed by atoms with Gasteiger partial charge in [-0.3, -0.25) is 14.8 Å². The van der Waals surface area contributed by atoms with Crippen molar-refractivity contribution in [1.29, 1.82) is 0 Å². The fourth-order valence-electron chi connectivity index (χ4n) is 2.91. The molecule has 0 radical (unpaired) electrons. The van der Waals surface area contributed by atoms with E-state index in [0.717, 1.165) is 34.1 Å². The predicted molar refractivity (Wildman–Crippen MR) is 104 cm³/mol. The van der Waals surface area contributed by atoms with E-state index in [4.69, 9.17) is 0 Å². The summed E-state index contributed by atoms with van der Waals surface area (Å²) in [5.41, 5.74) is 4.66. The van der Waals surface area contributed by atoms with Crippen molar-refractivity contribution in [3.63, 3.8) is 0 Å². The Labute approximate surface area is 159 Å². The summed E-state index contributed by atoms with van der Waals surface area (Å²) < 4.78 is 3.60. The molecule has 0 bridgehead atoms. The second kappa shape index (κ2) is 6.58. The Morgan fingerprint density at radius 2 is 2.11 bits per heavy atom. The summed E-state index contributed by atoms with van der Waals surface area (Å²) in [5.74, 6) is -0.304. The Morgan fingerprint density at radius 3 is 2.78 bits per heavy atom. The highest BCUT2D eigenvalue weighted by Gasteiger charge is 2.17. The number of aryl methyl sites for hydroxylation is 3. The van der Waals surface area contributed by atoms with Crippen LogP contribution in [0.1, 0.15) is 33.7 Å². The topological polar surface area (TPSA) is 90.0 Å². The molecule has 0 spiro atoms. The minimum Gasteiger partial charge on any atom is -0.296 e. The van der Waals surface area contributed by atoms with E-state index in [-0.39, 0.29) is 5.91 Å². The summed E-state index contributed by atoms with van der Waals surface area (Å²) in [7, 11) is 0. The van der Waals surface area contributed by atoms with Crippen molar-refractivity contribution in [2.75, 3.05) is 5.32 Å². The van der Waals surface area contributed by atoms with E-state index in [1.165, 1.54) is 11.3 Å². The number of fused-ring (bicyclic) bond motifs is 1. The monoisotopic (exact) mass is 381 g/mol. The number of anilines is 1. The largest absolute Gasteiger partial charge is 0.296 e. The normalized spacial score (nSPS) is 11.3. The SMILES string of the molecule is CCn1ncc(-c2ccnc3cc(C(=O)Nc4nc(C)c(C)s4)nn23)c1C. The predicted octanol–water partition coefficient (Wildman–Crippen LogP) is 3.25. The van der Waals surface area contributed by atoms with Crippen molar-refractivity contribution in [2.45, 2.75) is 34.2 Å². The smallest absolute Gasteiger partial charge is 0.278 e. The Balaban J connectivity index is 1.72. The van der Waals surface area contributed by atoms with Crippen molar-refractivity contribution in [3.05, 3.63) is 46.5 Å². The van der Waals surface area contributed by atoms with Crippen LogP contribution < -0.4 is 5.32 Å². The molecule has 0 aliphatic heterocycles. The van der Waals surface area contributed by atoms with Gasteiger partial charge in [0.05, 0.1) is 17.6 Å². The molecule has 138 valence electrons. The zero-order valence-electron chi connectivity index (χ0n) is 15.5. The summed E-state index contributed by atoms with van der Waals surface area (Å²) >= 11 is 1.45. The number of hydrogen-bond donors (Lipinski definition) is 1. The van der Waals surface area contributed by atoms with Gasteiger partial charge in [0, 0.05) is 34.9 Å². The molecule has 4 rings (SSSR count). The molecule has 0 saturated carbocycles. The van der Waals surface area contributed by atoms with Gasteiger partial charge in [-0.05, 0) is 33.8 Å². The number of nitrogens with one attached hydrogen (secondary N) is 1. The van der Waals surface area contributed by atoms with Gasteiger partial charge in [-0.25, -0.2) is 14.5 Å². The highest BCUT2D eigenvalue weighted by atomic mass is 32.1. The van der Waals surface area contributed by atoms with Crippen LogP contribution in [0.5, 0.6) is 0 Å². The molecule has 9 heteroatoms. The highest BCUT2D eigenvalue weighted by molar-refractivity contribution is 7.15. The van der Waals surface area contributed by atoms with Crippen molar-refractivity contribution >= 4 is 28.0 Å². The van der Waals surface area contributed by atoms with Gasteiger partial charge < -0.3 is 0 Å². The highest BCUT2D eigenvalue weighted by Crippen LogP contribution is 2.24. The van der Waals surface area contributed by atoms with Gasteiger partial charge in [0.2, 0.25) is 0 Å². The Bertz CT molecular complexity index is 1130. The van der Waals surface area contributed by atoms with Crippen LogP contribution in [0.4, 0.5) is 5.13 Å². The minimum absolute atomic E-state index is 0.293. The van der Waals surface area contributed by atoms with E-state index in [2.05, 4.69) is 25.5 Å². The van der Waals surface area contributed by atoms with E-state index < -0.39 is 0 Å². The summed E-state index contributed by atoms with van der Waals surface area (Å²) in [5, 5.41) is 12.3. The van der Waals surface area contributed by atoms with Gasteiger partial charge in [-0.2, -0.15) is 10.2 Å². The fraction of sp³-hybridized carbons (Fsp3) is 0.278. The fourth-order valence-corrected chi connectivity index (χ4v) is 3.72. The summed E-state index contributed by atoms with van der Waals surface area (Å²) in [6.07, 6.45) is 3.53. The minimum atomic E-state index is -0.304. The molecule has 4 heterocycles. The Kier molecular flexibility index (Phi) is 4.23. The van der Waals surface area contributed by atoms with Gasteiger partial charge in [0.25, 0.3) is 5.91 Å². The Hall–Kier alpha value is -3.07. The third kappa shape index (κ3) is 2.99. The van der Waals surface area contributed by atoms with Crippen LogP contribution in [0.2, 0.25) is 0 Å². The molecule has 0 aliphatic rings. The molecule has 0 aromatic carbocycles. The zero-order chi connectivity index (χ0) is 19.1. The molecule has 0 fully saturated rings. The zero-order valence-corrected chi connectivity index (χ0v) is 16.3. The second-order valence-electron chi connectivity index (χ2n) is 6.20. The molecule has 27 heavy (non-hydrogen) atoms. The molecule has 0 aliphatic carbocycles. The van der Waals surface area contributed by atoms with Gasteiger partial charge in [0.15, 0.2) is 16.5 Å². The number of amides is 1. The third-order valence-electron chi connectivity index (χ3n) is 4.52. The van der Waals surface area contributed by atoms with E-state index >= 15 is 0 Å². The van der Waals surface area contributed by atoms with Crippen LogP contribution in [0.3, 0.4) is 0 Å². The number of thiazole rings is 1. The first-order chi connectivity index (χ1) is 13.0. The van der Waals surface area contributed by atoms with E-state index in [0.29, 0.717) is 16.5 Å². The average molecular weight is 381 g/mol. The van der Waals surface area contributed by atoms with Crippen LogP contribution in [0.25, 0.3) is 16.9 Å². The molecule has 0 saturated heterocycles. The molecular weight excluding hydrogens is 362 g/mol. The molecule has 0 unspecified atom stereocenters. The van der Waals surface area contributed by atoms with Crippen LogP contribution in [0.15, 0.2) is 24.5 Å². The summed E-state index contributed by atoms with van der Waals surface area (Å²) in [6, 6.07) is 3.55. The first-order valence-electron chi connectivity index (χ1n) is 8.61. The second-order valence-corrected chi connectivity index (χ2v) is 7.41. The van der Waals surface area contributed by atoms with Gasteiger partial charge >= 0.3 is 0 Å². The average Bonchev–Trinajstić information content (AvgIpc) is 3.32. The maximum absolute atomic E-state index is 12.6. The first-order valence-corrected chi connectivity index (χ1v) is 9.42. The van der Waals surface area contributed by atoms with E-state index in [1.807, 2.05) is 44.6 Å². The van der Waals surface area contributed by atoms with Gasteiger partial charge in [0.1, 0.15) is 0 Å². The van der Waals surface area contributed by atoms with E-state index in [1.54, 1.807) is 16.8 Å². The van der Waals surface area contributed by atoms with Crippen molar-refractivity contribution in [1.82, 2.24) is 29.4 Å². The molecule has 1 amide bonds. The van der Waals surface area contributed by atoms with Crippen molar-refractivity contribution < 1.29 is 4.79 Å². The standard InChI is InChI=1S/C18H19N7OS/c1-5-24-11(3)13(9-20-24)15-6-7-19-16-8-14(23-25(15)16)17(26)22-18-21-10(2)12(4)27-18/h6-9H,5H2,1-4H3,(H,21,22,26). The number of rotatable bonds is 4.